The number of hydrogen-bond acceptors (Lipinski definition) is 2. The number of alkyl halides is 1. The number of nitrogens with zero attached hydrogens (tertiary/aromatic N) is 2. The summed E-state index contributed by atoms with van der Waals surface area (Å²) in [5.74, 6) is 0.537. The highest BCUT2D eigenvalue weighted by atomic mass is 35.5. The van der Waals surface area contributed by atoms with E-state index in [4.69, 9.17) is 11.6 Å². The molecule has 0 spiro atoms. The highest BCUT2D eigenvalue weighted by Gasteiger charge is 2.32. The second kappa shape index (κ2) is 4.01. The Balaban J connectivity index is 2.36. The van der Waals surface area contributed by atoms with Crippen LogP contribution in [0.1, 0.15) is 32.3 Å². The van der Waals surface area contributed by atoms with Crippen LogP contribution in [-0.4, -0.2) is 17.1 Å². The fourth-order valence-electron chi connectivity index (χ4n) is 2.34. The quantitative estimate of drug-likeness (QED) is 0.718. The third kappa shape index (κ3) is 1.96. The molecule has 2 nitrogen and oxygen atoms in total. The molecule has 15 heavy (non-hydrogen) atoms. The summed E-state index contributed by atoms with van der Waals surface area (Å²) in [6.07, 6.45) is 6.23. The Kier molecular flexibility index (Phi) is 2.87. The lowest BCUT2D eigenvalue weighted by Gasteiger charge is -2.34. The van der Waals surface area contributed by atoms with Gasteiger partial charge < -0.3 is 4.90 Å². The largest absolute Gasteiger partial charge is 0.366 e. The van der Waals surface area contributed by atoms with Gasteiger partial charge in [0.15, 0.2) is 0 Å². The van der Waals surface area contributed by atoms with Gasteiger partial charge in [0, 0.05) is 35.7 Å². The van der Waals surface area contributed by atoms with E-state index in [9.17, 15) is 0 Å². The van der Waals surface area contributed by atoms with Crippen LogP contribution in [0, 0.1) is 0 Å². The van der Waals surface area contributed by atoms with E-state index in [1.54, 1.807) is 0 Å². The first-order chi connectivity index (χ1) is 7.15. The van der Waals surface area contributed by atoms with Crippen LogP contribution in [0.3, 0.4) is 0 Å². The molecule has 1 aliphatic heterocycles. The third-order valence-electron chi connectivity index (χ3n) is 3.21. The van der Waals surface area contributed by atoms with E-state index in [1.807, 2.05) is 12.4 Å². The number of hydrogen-bond donors (Lipinski definition) is 0. The summed E-state index contributed by atoms with van der Waals surface area (Å²) in [6, 6.07) is 2.07. The summed E-state index contributed by atoms with van der Waals surface area (Å²) in [5.41, 5.74) is 2.64. The highest BCUT2D eigenvalue weighted by Crippen LogP contribution is 2.35. The standard InChI is InChI=1S/C12H17ClN2/c1-12(2)5-3-7-15(12)11-4-6-14-9-10(11)8-13/h4,6,9H,3,5,7-8H2,1-2H3. The van der Waals surface area contributed by atoms with Gasteiger partial charge in [-0.15, -0.1) is 11.6 Å². The van der Waals surface area contributed by atoms with Crippen molar-refractivity contribution in [2.45, 2.75) is 38.1 Å². The molecule has 0 radical (unpaired) electrons. The average molecular weight is 225 g/mol. The maximum absolute atomic E-state index is 5.94. The Morgan fingerprint density at radius 3 is 2.93 bits per heavy atom. The van der Waals surface area contributed by atoms with Gasteiger partial charge in [-0.1, -0.05) is 0 Å². The molecule has 0 aromatic carbocycles. The Hall–Kier alpha value is -0.760. The van der Waals surface area contributed by atoms with E-state index >= 15 is 0 Å². The van der Waals surface area contributed by atoms with Crippen LogP contribution in [0.25, 0.3) is 0 Å². The van der Waals surface area contributed by atoms with Gasteiger partial charge in [0.2, 0.25) is 0 Å². The van der Waals surface area contributed by atoms with Crippen LogP contribution >= 0.6 is 11.6 Å². The molecule has 82 valence electrons. The molecule has 0 unspecified atom stereocenters. The zero-order valence-electron chi connectivity index (χ0n) is 9.33. The second-order valence-electron chi connectivity index (χ2n) is 4.71. The summed E-state index contributed by atoms with van der Waals surface area (Å²) in [5, 5.41) is 0. The molecule has 0 atom stereocenters. The van der Waals surface area contributed by atoms with Crippen LogP contribution in [0.5, 0.6) is 0 Å². The molecule has 1 aliphatic rings. The average Bonchev–Trinajstić information content (AvgIpc) is 2.58. The van der Waals surface area contributed by atoms with E-state index in [2.05, 4.69) is 29.8 Å². The minimum atomic E-state index is 0.252. The van der Waals surface area contributed by atoms with Crippen molar-refractivity contribution >= 4 is 17.3 Å². The molecule has 1 fully saturated rings. The fourth-order valence-corrected chi connectivity index (χ4v) is 2.55. The first-order valence-corrected chi connectivity index (χ1v) is 5.95. The SMILES string of the molecule is CC1(C)CCCN1c1ccncc1CCl. The van der Waals surface area contributed by atoms with Gasteiger partial charge in [0.25, 0.3) is 0 Å². The van der Waals surface area contributed by atoms with Crippen molar-refractivity contribution in [3.63, 3.8) is 0 Å². The van der Waals surface area contributed by atoms with Crippen molar-refractivity contribution in [2.24, 2.45) is 0 Å². The lowest BCUT2D eigenvalue weighted by atomic mass is 10.0. The van der Waals surface area contributed by atoms with Crippen molar-refractivity contribution in [3.8, 4) is 0 Å². The molecule has 0 amide bonds. The van der Waals surface area contributed by atoms with Gasteiger partial charge >= 0.3 is 0 Å². The first-order valence-electron chi connectivity index (χ1n) is 5.41. The number of pyridine rings is 1. The summed E-state index contributed by atoms with van der Waals surface area (Å²) in [7, 11) is 0. The summed E-state index contributed by atoms with van der Waals surface area (Å²) < 4.78 is 0. The van der Waals surface area contributed by atoms with Crippen molar-refractivity contribution in [3.05, 3.63) is 24.0 Å². The van der Waals surface area contributed by atoms with Crippen molar-refractivity contribution in [1.29, 1.82) is 0 Å². The lowest BCUT2D eigenvalue weighted by molar-refractivity contribution is 0.517. The molecular weight excluding hydrogens is 208 g/mol. The van der Waals surface area contributed by atoms with E-state index < -0.39 is 0 Å². The molecule has 1 aromatic rings. The Bertz CT molecular complexity index is 349. The van der Waals surface area contributed by atoms with Crippen molar-refractivity contribution < 1.29 is 0 Å². The minimum absolute atomic E-state index is 0.252. The fraction of sp³-hybridized carbons (Fsp3) is 0.583. The molecule has 0 saturated carbocycles. The van der Waals surface area contributed by atoms with Gasteiger partial charge in [-0.2, -0.15) is 0 Å². The number of aromatic nitrogens is 1. The lowest BCUT2D eigenvalue weighted by Crippen LogP contribution is -2.38. The number of rotatable bonds is 2. The van der Waals surface area contributed by atoms with Crippen LogP contribution < -0.4 is 4.90 Å². The third-order valence-corrected chi connectivity index (χ3v) is 3.50. The molecule has 0 aliphatic carbocycles. The Labute approximate surface area is 96.3 Å². The molecule has 3 heteroatoms. The van der Waals surface area contributed by atoms with Gasteiger partial charge in [-0.3, -0.25) is 4.98 Å². The van der Waals surface area contributed by atoms with Crippen molar-refractivity contribution in [1.82, 2.24) is 4.98 Å². The molecule has 2 rings (SSSR count). The normalized spacial score (nSPS) is 19.5. The van der Waals surface area contributed by atoms with Gasteiger partial charge in [-0.05, 0) is 32.8 Å². The van der Waals surface area contributed by atoms with Crippen molar-refractivity contribution in [2.75, 3.05) is 11.4 Å². The topological polar surface area (TPSA) is 16.1 Å². The maximum Gasteiger partial charge on any atom is 0.0509 e. The molecular formula is C12H17ClN2. The molecule has 1 aromatic heterocycles. The second-order valence-corrected chi connectivity index (χ2v) is 4.97. The molecule has 2 heterocycles. The minimum Gasteiger partial charge on any atom is -0.366 e. The number of anilines is 1. The van der Waals surface area contributed by atoms with E-state index in [1.165, 1.54) is 18.5 Å². The van der Waals surface area contributed by atoms with E-state index in [-0.39, 0.29) is 5.54 Å². The first kappa shape index (κ1) is 10.7. The predicted molar refractivity (Wildman–Crippen MR) is 64.5 cm³/mol. The van der Waals surface area contributed by atoms with Gasteiger partial charge in [0.1, 0.15) is 0 Å². The van der Waals surface area contributed by atoms with Crippen LogP contribution in [-0.2, 0) is 5.88 Å². The smallest absolute Gasteiger partial charge is 0.0509 e. The summed E-state index contributed by atoms with van der Waals surface area (Å²) in [6.45, 7) is 5.71. The molecule has 1 saturated heterocycles. The van der Waals surface area contributed by atoms with Crippen LogP contribution in [0.2, 0.25) is 0 Å². The molecule has 0 bridgehead atoms. The van der Waals surface area contributed by atoms with Gasteiger partial charge in [0.05, 0.1) is 5.88 Å². The monoisotopic (exact) mass is 224 g/mol. The highest BCUT2D eigenvalue weighted by molar-refractivity contribution is 6.17. The van der Waals surface area contributed by atoms with E-state index in [0.29, 0.717) is 5.88 Å². The molecule has 0 N–H and O–H groups in total. The zero-order chi connectivity index (χ0) is 10.9. The predicted octanol–water partition coefficient (Wildman–Crippen LogP) is 3.20. The Morgan fingerprint density at radius 2 is 2.33 bits per heavy atom. The Morgan fingerprint density at radius 1 is 1.53 bits per heavy atom. The van der Waals surface area contributed by atoms with Crippen LogP contribution in [0.15, 0.2) is 18.5 Å². The van der Waals surface area contributed by atoms with Crippen LogP contribution in [0.4, 0.5) is 5.69 Å². The summed E-state index contributed by atoms with van der Waals surface area (Å²) >= 11 is 5.94. The number of halogens is 1. The maximum atomic E-state index is 5.94. The van der Waals surface area contributed by atoms with Gasteiger partial charge in [-0.25, -0.2) is 0 Å². The summed E-state index contributed by atoms with van der Waals surface area (Å²) in [4.78, 5) is 6.58. The van der Waals surface area contributed by atoms with E-state index in [0.717, 1.165) is 12.1 Å². The zero-order valence-corrected chi connectivity index (χ0v) is 10.1.